The van der Waals surface area contributed by atoms with Crippen molar-refractivity contribution in [1.29, 1.82) is 0 Å². The van der Waals surface area contributed by atoms with Crippen molar-refractivity contribution < 1.29 is 23.8 Å². The van der Waals surface area contributed by atoms with Crippen molar-refractivity contribution >= 4 is 11.9 Å². The second-order valence-corrected chi connectivity index (χ2v) is 6.26. The number of nitrogens with one attached hydrogen (secondary N) is 1. The molecular formula is C16H21NO5. The summed E-state index contributed by atoms with van der Waals surface area (Å²) in [5.74, 6) is -0.170. The van der Waals surface area contributed by atoms with Crippen molar-refractivity contribution in [3.05, 3.63) is 23.7 Å². The molecule has 1 spiro atoms. The Labute approximate surface area is 128 Å². The van der Waals surface area contributed by atoms with E-state index in [9.17, 15) is 9.59 Å². The van der Waals surface area contributed by atoms with E-state index in [1.165, 1.54) is 0 Å². The van der Waals surface area contributed by atoms with Crippen LogP contribution in [0, 0.1) is 5.92 Å². The van der Waals surface area contributed by atoms with Crippen LogP contribution in [0.2, 0.25) is 0 Å². The number of aliphatic carboxylic acids is 1. The van der Waals surface area contributed by atoms with Crippen LogP contribution < -0.4 is 5.32 Å². The summed E-state index contributed by atoms with van der Waals surface area (Å²) in [5.41, 5.74) is -0.364. The Morgan fingerprint density at radius 3 is 2.77 bits per heavy atom. The van der Waals surface area contributed by atoms with Crippen LogP contribution in [0.5, 0.6) is 0 Å². The normalized spacial score (nSPS) is 30.8. The molecule has 2 heterocycles. The third-order valence-electron chi connectivity index (χ3n) is 4.65. The molecule has 1 atom stereocenters. The van der Waals surface area contributed by atoms with Crippen molar-refractivity contribution in [3.63, 3.8) is 0 Å². The number of carboxylic acids is 1. The summed E-state index contributed by atoms with van der Waals surface area (Å²) in [7, 11) is 0. The van der Waals surface area contributed by atoms with Gasteiger partial charge in [0.15, 0.2) is 5.76 Å². The highest BCUT2D eigenvalue weighted by atomic mass is 16.5. The molecule has 22 heavy (non-hydrogen) atoms. The molecule has 120 valence electrons. The molecule has 2 fully saturated rings. The van der Waals surface area contributed by atoms with Crippen molar-refractivity contribution in [2.45, 2.75) is 50.7 Å². The highest BCUT2D eigenvalue weighted by Gasteiger charge is 2.51. The Kier molecular flexibility index (Phi) is 3.95. The predicted octanol–water partition coefficient (Wildman–Crippen LogP) is 1.98. The largest absolute Gasteiger partial charge is 0.481 e. The van der Waals surface area contributed by atoms with Gasteiger partial charge in [-0.3, -0.25) is 9.59 Å². The average molecular weight is 307 g/mol. The molecule has 1 unspecified atom stereocenters. The van der Waals surface area contributed by atoms with Gasteiger partial charge in [0.25, 0.3) is 5.91 Å². The first kappa shape index (κ1) is 15.1. The van der Waals surface area contributed by atoms with Crippen molar-refractivity contribution in [1.82, 2.24) is 5.32 Å². The Bertz CT molecular complexity index is 573. The standard InChI is InChI=1S/C16H21NO5/c1-2-12-3-4-13(22-12)14(18)17-11-5-6-21-16(9-11)7-10(8-16)15(19)20/h3-4,10-11H,2,5-9H2,1H3,(H,17,18)(H,19,20). The second kappa shape index (κ2) is 5.76. The number of hydrogen-bond acceptors (Lipinski definition) is 4. The number of carbonyl (C=O) groups excluding carboxylic acids is 1. The van der Waals surface area contributed by atoms with Gasteiger partial charge in [-0.1, -0.05) is 6.92 Å². The molecule has 0 bridgehead atoms. The molecule has 2 aliphatic rings. The first-order valence-corrected chi connectivity index (χ1v) is 7.78. The van der Waals surface area contributed by atoms with E-state index in [2.05, 4.69) is 5.32 Å². The molecule has 6 nitrogen and oxygen atoms in total. The third kappa shape index (κ3) is 2.88. The molecule has 1 saturated carbocycles. The summed E-state index contributed by atoms with van der Waals surface area (Å²) in [6, 6.07) is 3.50. The SMILES string of the molecule is CCc1ccc(C(=O)NC2CCOC3(C2)CC(C(=O)O)C3)o1. The molecule has 1 aromatic heterocycles. The van der Waals surface area contributed by atoms with Gasteiger partial charge in [-0.2, -0.15) is 0 Å². The number of carbonyl (C=O) groups is 2. The Balaban J connectivity index is 1.57. The number of aryl methyl sites for hydroxylation is 1. The topological polar surface area (TPSA) is 88.8 Å². The highest BCUT2D eigenvalue weighted by Crippen LogP contribution is 2.46. The summed E-state index contributed by atoms with van der Waals surface area (Å²) >= 11 is 0. The van der Waals surface area contributed by atoms with Gasteiger partial charge < -0.3 is 19.6 Å². The Morgan fingerprint density at radius 2 is 2.14 bits per heavy atom. The van der Waals surface area contributed by atoms with Crippen LogP contribution in [0.15, 0.2) is 16.5 Å². The number of rotatable bonds is 4. The fourth-order valence-electron chi connectivity index (χ4n) is 3.39. The fourth-order valence-corrected chi connectivity index (χ4v) is 3.39. The van der Waals surface area contributed by atoms with Crippen LogP contribution in [0.25, 0.3) is 0 Å². The van der Waals surface area contributed by atoms with Crippen LogP contribution in [-0.2, 0) is 16.0 Å². The summed E-state index contributed by atoms with van der Waals surface area (Å²) in [5, 5.41) is 12.0. The molecule has 1 amide bonds. The van der Waals surface area contributed by atoms with Crippen molar-refractivity contribution in [2.75, 3.05) is 6.61 Å². The molecule has 1 aliphatic heterocycles. The number of ether oxygens (including phenoxy) is 1. The zero-order valence-electron chi connectivity index (χ0n) is 12.6. The number of carboxylic acid groups (broad SMARTS) is 1. The number of hydrogen-bond donors (Lipinski definition) is 2. The smallest absolute Gasteiger partial charge is 0.306 e. The van der Waals surface area contributed by atoms with Gasteiger partial charge in [0.1, 0.15) is 5.76 Å². The Morgan fingerprint density at radius 1 is 1.36 bits per heavy atom. The summed E-state index contributed by atoms with van der Waals surface area (Å²) in [6.45, 7) is 2.52. The van der Waals surface area contributed by atoms with Crippen LogP contribution in [0.4, 0.5) is 0 Å². The second-order valence-electron chi connectivity index (χ2n) is 6.26. The maximum absolute atomic E-state index is 12.2. The minimum atomic E-state index is -0.761. The van der Waals surface area contributed by atoms with Gasteiger partial charge in [-0.15, -0.1) is 0 Å². The lowest BCUT2D eigenvalue weighted by molar-refractivity contribution is -0.181. The van der Waals surface area contributed by atoms with Gasteiger partial charge in [-0.05, 0) is 37.8 Å². The first-order valence-electron chi connectivity index (χ1n) is 7.78. The van der Waals surface area contributed by atoms with E-state index in [0.29, 0.717) is 31.6 Å². The molecule has 3 rings (SSSR count). The van der Waals surface area contributed by atoms with Crippen molar-refractivity contribution in [2.24, 2.45) is 5.92 Å². The molecule has 1 aliphatic carbocycles. The van der Waals surface area contributed by atoms with Gasteiger partial charge in [0.05, 0.1) is 11.5 Å². The zero-order valence-corrected chi connectivity index (χ0v) is 12.6. The minimum absolute atomic E-state index is 0.00571. The van der Waals surface area contributed by atoms with Crippen LogP contribution in [0.1, 0.15) is 48.9 Å². The van der Waals surface area contributed by atoms with E-state index in [4.69, 9.17) is 14.3 Å². The van der Waals surface area contributed by atoms with Crippen LogP contribution in [0.3, 0.4) is 0 Å². The molecule has 0 aromatic carbocycles. The van der Waals surface area contributed by atoms with E-state index < -0.39 is 5.97 Å². The lowest BCUT2D eigenvalue weighted by Crippen LogP contribution is -2.56. The van der Waals surface area contributed by atoms with Gasteiger partial charge >= 0.3 is 5.97 Å². The molecule has 2 N–H and O–H groups in total. The Hall–Kier alpha value is -1.82. The molecule has 6 heteroatoms. The summed E-state index contributed by atoms with van der Waals surface area (Å²) < 4.78 is 11.2. The quantitative estimate of drug-likeness (QED) is 0.888. The highest BCUT2D eigenvalue weighted by molar-refractivity contribution is 5.91. The molecule has 0 radical (unpaired) electrons. The number of furan rings is 1. The van der Waals surface area contributed by atoms with Gasteiger partial charge in [-0.25, -0.2) is 0 Å². The fraction of sp³-hybridized carbons (Fsp3) is 0.625. The number of amides is 1. The first-order chi connectivity index (χ1) is 10.5. The minimum Gasteiger partial charge on any atom is -0.481 e. The maximum atomic E-state index is 12.2. The van der Waals surface area contributed by atoms with Crippen LogP contribution >= 0.6 is 0 Å². The maximum Gasteiger partial charge on any atom is 0.306 e. The molecule has 1 aromatic rings. The van der Waals surface area contributed by atoms with Gasteiger partial charge in [0.2, 0.25) is 0 Å². The zero-order chi connectivity index (χ0) is 15.7. The van der Waals surface area contributed by atoms with E-state index in [1.54, 1.807) is 6.07 Å². The van der Waals surface area contributed by atoms with E-state index in [1.807, 2.05) is 13.0 Å². The van der Waals surface area contributed by atoms with E-state index in [-0.39, 0.29) is 23.5 Å². The molecule has 1 saturated heterocycles. The van der Waals surface area contributed by atoms with Gasteiger partial charge in [0, 0.05) is 19.1 Å². The monoisotopic (exact) mass is 307 g/mol. The van der Waals surface area contributed by atoms with E-state index in [0.717, 1.165) is 18.6 Å². The lowest BCUT2D eigenvalue weighted by Gasteiger charge is -2.50. The lowest BCUT2D eigenvalue weighted by atomic mass is 9.66. The predicted molar refractivity (Wildman–Crippen MR) is 77.6 cm³/mol. The third-order valence-corrected chi connectivity index (χ3v) is 4.65. The van der Waals surface area contributed by atoms with Crippen LogP contribution in [-0.4, -0.2) is 35.2 Å². The summed E-state index contributed by atoms with van der Waals surface area (Å²) in [6.07, 6.45) is 3.24. The van der Waals surface area contributed by atoms with Crippen molar-refractivity contribution in [3.8, 4) is 0 Å². The molecular weight excluding hydrogens is 286 g/mol. The summed E-state index contributed by atoms with van der Waals surface area (Å²) in [4.78, 5) is 23.1. The van der Waals surface area contributed by atoms with E-state index >= 15 is 0 Å². The average Bonchev–Trinajstić information content (AvgIpc) is 2.93.